The van der Waals surface area contributed by atoms with Crippen molar-refractivity contribution in [3.05, 3.63) is 69.8 Å². The largest absolute Gasteiger partial charge is 0.392 e. The molecule has 0 radical (unpaired) electrons. The van der Waals surface area contributed by atoms with Gasteiger partial charge in [-0.3, -0.25) is 0 Å². The van der Waals surface area contributed by atoms with Gasteiger partial charge < -0.3 is 10.2 Å². The Balaban J connectivity index is 0.000000142. The number of aliphatic hydroxyl groups is 2. The van der Waals surface area contributed by atoms with Crippen molar-refractivity contribution >= 4 is 0 Å². The highest BCUT2D eigenvalue weighted by Gasteiger charge is 2.54. The van der Waals surface area contributed by atoms with E-state index in [4.69, 9.17) is 0 Å². The second kappa shape index (κ2) is 12.2. The van der Waals surface area contributed by atoms with Gasteiger partial charge in [-0.2, -0.15) is 0 Å². The predicted octanol–water partition coefficient (Wildman–Crippen LogP) is 10.1. The predicted molar refractivity (Wildman–Crippen MR) is 182 cm³/mol. The molecule has 0 saturated heterocycles. The molecule has 10 atom stereocenters. The van der Waals surface area contributed by atoms with Gasteiger partial charge in [-0.25, -0.2) is 0 Å². The Morgan fingerprint density at radius 2 is 1.27 bits per heavy atom. The molecule has 2 heteroatoms. The lowest BCUT2D eigenvalue weighted by molar-refractivity contribution is 0.0273. The van der Waals surface area contributed by atoms with E-state index in [-0.39, 0.29) is 13.2 Å². The van der Waals surface area contributed by atoms with Crippen LogP contribution in [0.1, 0.15) is 150 Å². The first kappa shape index (κ1) is 31.0. The molecule has 240 valence electrons. The number of rotatable bonds is 4. The second-order valence-corrected chi connectivity index (χ2v) is 16.8. The zero-order valence-electron chi connectivity index (χ0n) is 28.3. The summed E-state index contributed by atoms with van der Waals surface area (Å²) in [6.07, 6.45) is 19.5. The second-order valence-electron chi connectivity index (χ2n) is 16.8. The summed E-state index contributed by atoms with van der Waals surface area (Å²) in [5, 5.41) is 18.8. The Morgan fingerprint density at radius 3 is 1.84 bits per heavy atom. The van der Waals surface area contributed by atoms with Crippen molar-refractivity contribution in [3.63, 3.8) is 0 Å². The minimum atomic E-state index is 0.181. The molecule has 2 nitrogen and oxygen atoms in total. The average molecular weight is 597 g/mol. The molecule has 8 unspecified atom stereocenters. The van der Waals surface area contributed by atoms with E-state index in [1.165, 1.54) is 101 Å². The Labute approximate surface area is 268 Å². The molecular weight excluding hydrogens is 536 g/mol. The molecule has 4 saturated carbocycles. The molecule has 44 heavy (non-hydrogen) atoms. The fourth-order valence-corrected chi connectivity index (χ4v) is 12.8. The minimum Gasteiger partial charge on any atom is -0.392 e. The van der Waals surface area contributed by atoms with Gasteiger partial charge in [0.25, 0.3) is 0 Å². The first-order valence-corrected chi connectivity index (χ1v) is 18.8. The van der Waals surface area contributed by atoms with Crippen LogP contribution < -0.4 is 0 Å². The fourth-order valence-electron chi connectivity index (χ4n) is 12.8. The summed E-state index contributed by atoms with van der Waals surface area (Å²) < 4.78 is 0. The molecular formula is C42H60O2. The molecule has 2 N–H and O–H groups in total. The SMILES string of the molecule is CCC1CC2C3CCc4cc(CO)ccc4C3CC[C@]2(C)C1.CCC1CCC2C3CCc4cc(CO)ccc4C3CC[C@]12C. The van der Waals surface area contributed by atoms with Crippen LogP contribution in [0.2, 0.25) is 0 Å². The van der Waals surface area contributed by atoms with E-state index in [1.54, 1.807) is 11.1 Å². The molecule has 2 aromatic carbocycles. The lowest BCUT2D eigenvalue weighted by Gasteiger charge is -2.51. The van der Waals surface area contributed by atoms with Gasteiger partial charge in [0.2, 0.25) is 0 Å². The van der Waals surface area contributed by atoms with Crippen LogP contribution in [-0.2, 0) is 26.1 Å². The smallest absolute Gasteiger partial charge is 0.0681 e. The normalized spacial score (nSPS) is 40.0. The maximum Gasteiger partial charge on any atom is 0.0681 e. The van der Waals surface area contributed by atoms with Gasteiger partial charge in [0.1, 0.15) is 0 Å². The molecule has 0 aromatic heterocycles. The van der Waals surface area contributed by atoms with E-state index in [9.17, 15) is 10.2 Å². The highest BCUT2D eigenvalue weighted by molar-refractivity contribution is 5.39. The number of aryl methyl sites for hydroxylation is 2. The van der Waals surface area contributed by atoms with Crippen LogP contribution in [-0.4, -0.2) is 10.2 Å². The Hall–Kier alpha value is -1.64. The van der Waals surface area contributed by atoms with Crippen LogP contribution in [0.25, 0.3) is 0 Å². The highest BCUT2D eigenvalue weighted by Crippen LogP contribution is 2.64. The van der Waals surface area contributed by atoms with E-state index in [1.807, 2.05) is 0 Å². The summed E-state index contributed by atoms with van der Waals surface area (Å²) in [6, 6.07) is 13.5. The van der Waals surface area contributed by atoms with Crippen LogP contribution in [0, 0.1) is 46.3 Å². The quantitative estimate of drug-likeness (QED) is 0.369. The summed E-state index contributed by atoms with van der Waals surface area (Å²) in [7, 11) is 0. The molecule has 0 spiro atoms. The molecule has 6 aliphatic carbocycles. The topological polar surface area (TPSA) is 40.5 Å². The molecule has 2 aromatic rings. The van der Waals surface area contributed by atoms with Crippen molar-refractivity contribution in [1.29, 1.82) is 0 Å². The molecule has 0 amide bonds. The summed E-state index contributed by atoms with van der Waals surface area (Å²) in [5.74, 6) is 7.30. The van der Waals surface area contributed by atoms with Crippen LogP contribution in [0.3, 0.4) is 0 Å². The highest BCUT2D eigenvalue weighted by atomic mass is 16.3. The number of hydrogen-bond acceptors (Lipinski definition) is 2. The van der Waals surface area contributed by atoms with Crippen LogP contribution >= 0.6 is 0 Å². The summed E-state index contributed by atoms with van der Waals surface area (Å²) in [5.41, 5.74) is 9.73. The lowest BCUT2D eigenvalue weighted by atomic mass is 9.54. The molecule has 0 bridgehead atoms. The van der Waals surface area contributed by atoms with Gasteiger partial charge in [-0.15, -0.1) is 0 Å². The van der Waals surface area contributed by atoms with Crippen molar-refractivity contribution in [2.75, 3.05) is 0 Å². The third-order valence-electron chi connectivity index (χ3n) is 15.1. The van der Waals surface area contributed by atoms with E-state index >= 15 is 0 Å². The van der Waals surface area contributed by atoms with E-state index in [0.29, 0.717) is 10.8 Å². The summed E-state index contributed by atoms with van der Waals surface area (Å²) >= 11 is 0. The third-order valence-corrected chi connectivity index (χ3v) is 15.1. The number of aliphatic hydroxyl groups excluding tert-OH is 2. The maximum atomic E-state index is 9.38. The van der Waals surface area contributed by atoms with E-state index in [2.05, 4.69) is 64.1 Å². The van der Waals surface area contributed by atoms with Gasteiger partial charge in [0.15, 0.2) is 0 Å². The standard InChI is InChI=1S/2C21H30O/c1-3-16-6-9-20-19-8-5-15-12-14(13-22)4-7-17(15)18(19)10-11-21(16,20)2;1-3-14-11-20-19-7-5-16-10-15(13-22)4-6-17(16)18(19)8-9-21(20,2)12-14/h4,7,12,16,18-20,22H,3,5-6,8-11,13H2,1-2H3;4,6,10,14,18-20,22H,3,5,7-9,11-13H2,1-2H3/t16?,18?,19?,20?,21-;14?,18?,19?,20?,21-/m11/s1. The van der Waals surface area contributed by atoms with Gasteiger partial charge in [0, 0.05) is 0 Å². The minimum absolute atomic E-state index is 0.181. The maximum absolute atomic E-state index is 9.38. The fraction of sp³-hybridized carbons (Fsp3) is 0.714. The molecule has 8 rings (SSSR count). The number of fused-ring (bicyclic) bond motifs is 10. The number of benzene rings is 2. The van der Waals surface area contributed by atoms with Gasteiger partial charge in [0.05, 0.1) is 13.2 Å². The molecule has 4 fully saturated rings. The van der Waals surface area contributed by atoms with Crippen LogP contribution in [0.15, 0.2) is 36.4 Å². The van der Waals surface area contributed by atoms with E-state index in [0.717, 1.165) is 58.5 Å². The van der Waals surface area contributed by atoms with Crippen molar-refractivity contribution in [1.82, 2.24) is 0 Å². The van der Waals surface area contributed by atoms with Crippen molar-refractivity contribution in [3.8, 4) is 0 Å². The Bertz CT molecular complexity index is 1270. The third kappa shape index (κ3) is 5.13. The van der Waals surface area contributed by atoms with Crippen molar-refractivity contribution < 1.29 is 10.2 Å². The first-order valence-electron chi connectivity index (χ1n) is 18.8. The zero-order chi connectivity index (χ0) is 30.6. The Kier molecular flexibility index (Phi) is 8.58. The Morgan fingerprint density at radius 1 is 0.682 bits per heavy atom. The number of hydrogen-bond donors (Lipinski definition) is 2. The van der Waals surface area contributed by atoms with Gasteiger partial charge in [-0.05, 0) is 169 Å². The first-order chi connectivity index (χ1) is 21.3. The van der Waals surface area contributed by atoms with Crippen LogP contribution in [0.4, 0.5) is 0 Å². The van der Waals surface area contributed by atoms with Gasteiger partial charge in [-0.1, -0.05) is 76.9 Å². The van der Waals surface area contributed by atoms with Crippen LogP contribution in [0.5, 0.6) is 0 Å². The van der Waals surface area contributed by atoms with Crippen molar-refractivity contribution in [2.24, 2.45) is 46.3 Å². The molecule has 0 aliphatic heterocycles. The summed E-state index contributed by atoms with van der Waals surface area (Å²) in [4.78, 5) is 0. The van der Waals surface area contributed by atoms with Gasteiger partial charge >= 0.3 is 0 Å². The average Bonchev–Trinajstić information content (AvgIpc) is 3.60. The molecule has 0 heterocycles. The molecule has 6 aliphatic rings. The van der Waals surface area contributed by atoms with Crippen molar-refractivity contribution in [2.45, 2.75) is 143 Å². The summed E-state index contributed by atoms with van der Waals surface area (Å²) in [6.45, 7) is 10.3. The lowest BCUT2D eigenvalue weighted by Crippen LogP contribution is -2.42. The zero-order valence-corrected chi connectivity index (χ0v) is 28.3. The van der Waals surface area contributed by atoms with E-state index < -0.39 is 0 Å². The monoisotopic (exact) mass is 596 g/mol.